The van der Waals surface area contributed by atoms with Gasteiger partial charge in [-0.15, -0.1) is 5.53 Å². The van der Waals surface area contributed by atoms with Crippen molar-refractivity contribution < 1.29 is 5.21 Å². The number of para-hydroxylation sites is 1. The van der Waals surface area contributed by atoms with Crippen LogP contribution in [0.2, 0.25) is 0 Å². The molecule has 4 heteroatoms. The van der Waals surface area contributed by atoms with Gasteiger partial charge in [-0.2, -0.15) is 5.17 Å². The van der Waals surface area contributed by atoms with Crippen molar-refractivity contribution in [2.45, 2.75) is 6.92 Å². The number of nitrogens with one attached hydrogen (secondary N) is 1. The molecular weight excluding hydrogens is 166 g/mol. The van der Waals surface area contributed by atoms with Gasteiger partial charge in [0.15, 0.2) is 0 Å². The fraction of sp³-hybridized carbons (Fsp3) is 0.111. The molecule has 0 amide bonds. The van der Waals surface area contributed by atoms with Gasteiger partial charge >= 0.3 is 0 Å². The van der Waals surface area contributed by atoms with Gasteiger partial charge in [0, 0.05) is 0 Å². The number of allylic oxidation sites excluding steroid dienone is 1. The molecule has 1 heterocycles. The number of hydroxylamine groups is 1. The summed E-state index contributed by atoms with van der Waals surface area (Å²) in [6, 6.07) is 9.77. The number of nitrogens with zero attached hydrogens (tertiary/aromatic N) is 2. The van der Waals surface area contributed by atoms with Crippen LogP contribution >= 0.6 is 0 Å². The molecule has 4 nitrogen and oxygen atoms in total. The molecular formula is C9H11N3O. The molecule has 0 radical (unpaired) electrons. The maximum Gasteiger partial charge on any atom is 0.0686 e. The molecule has 1 aliphatic rings. The molecule has 68 valence electrons. The number of anilines is 1. The zero-order valence-electron chi connectivity index (χ0n) is 7.31. The van der Waals surface area contributed by atoms with Gasteiger partial charge in [0.05, 0.1) is 17.6 Å². The molecule has 0 aromatic heterocycles. The number of hydrogen-bond donors (Lipinski definition) is 2. The highest BCUT2D eigenvalue weighted by molar-refractivity contribution is 5.50. The van der Waals surface area contributed by atoms with Crippen LogP contribution in [-0.4, -0.2) is 10.4 Å². The predicted octanol–water partition coefficient (Wildman–Crippen LogP) is 1.48. The molecule has 0 bridgehead atoms. The Labute approximate surface area is 76.6 Å². The van der Waals surface area contributed by atoms with Crippen molar-refractivity contribution in [2.75, 3.05) is 5.01 Å². The fourth-order valence-electron chi connectivity index (χ4n) is 1.28. The molecule has 13 heavy (non-hydrogen) atoms. The van der Waals surface area contributed by atoms with E-state index in [1.165, 1.54) is 0 Å². The van der Waals surface area contributed by atoms with E-state index in [0.717, 1.165) is 16.6 Å². The highest BCUT2D eigenvalue weighted by Gasteiger charge is 2.16. The molecule has 2 rings (SSSR count). The van der Waals surface area contributed by atoms with Crippen molar-refractivity contribution in [3.8, 4) is 0 Å². The lowest BCUT2D eigenvalue weighted by atomic mass is 10.3. The van der Waals surface area contributed by atoms with Gasteiger partial charge in [0.25, 0.3) is 0 Å². The van der Waals surface area contributed by atoms with Crippen LogP contribution < -0.4 is 10.5 Å². The highest BCUT2D eigenvalue weighted by Crippen LogP contribution is 2.19. The molecule has 0 spiro atoms. The second kappa shape index (κ2) is 3.08. The molecule has 2 N–H and O–H groups in total. The fourth-order valence-corrected chi connectivity index (χ4v) is 1.28. The van der Waals surface area contributed by atoms with Crippen molar-refractivity contribution in [3.63, 3.8) is 0 Å². The third-order valence-corrected chi connectivity index (χ3v) is 1.88. The quantitative estimate of drug-likeness (QED) is 0.681. The summed E-state index contributed by atoms with van der Waals surface area (Å²) in [7, 11) is 0. The largest absolute Gasteiger partial charge is 0.272 e. The second-order valence-electron chi connectivity index (χ2n) is 2.89. The van der Waals surface area contributed by atoms with E-state index in [0.29, 0.717) is 0 Å². The van der Waals surface area contributed by atoms with Gasteiger partial charge in [-0.25, -0.2) is 0 Å². The summed E-state index contributed by atoms with van der Waals surface area (Å²) in [5.74, 6) is 0. The lowest BCUT2D eigenvalue weighted by Crippen LogP contribution is -2.38. The monoisotopic (exact) mass is 177 g/mol. The van der Waals surface area contributed by atoms with Gasteiger partial charge in [-0.05, 0) is 19.1 Å². The Balaban J connectivity index is 2.25. The Hall–Kier alpha value is -1.52. The summed E-state index contributed by atoms with van der Waals surface area (Å²) >= 11 is 0. The first kappa shape index (κ1) is 8.10. The van der Waals surface area contributed by atoms with E-state index < -0.39 is 0 Å². The Bertz CT molecular complexity index is 323. The summed E-state index contributed by atoms with van der Waals surface area (Å²) in [6.45, 7) is 1.91. The molecule has 0 saturated carbocycles. The Morgan fingerprint density at radius 3 is 2.46 bits per heavy atom. The third-order valence-electron chi connectivity index (χ3n) is 1.88. The second-order valence-corrected chi connectivity index (χ2v) is 2.89. The van der Waals surface area contributed by atoms with E-state index in [-0.39, 0.29) is 0 Å². The van der Waals surface area contributed by atoms with Crippen LogP contribution in [-0.2, 0) is 0 Å². The van der Waals surface area contributed by atoms with Gasteiger partial charge < -0.3 is 0 Å². The number of hydrazine groups is 2. The van der Waals surface area contributed by atoms with Crippen molar-refractivity contribution in [1.29, 1.82) is 0 Å². The molecule has 0 fully saturated rings. The van der Waals surface area contributed by atoms with Gasteiger partial charge in [-0.1, -0.05) is 18.2 Å². The van der Waals surface area contributed by atoms with Gasteiger partial charge in [0.1, 0.15) is 0 Å². The predicted molar refractivity (Wildman–Crippen MR) is 49.4 cm³/mol. The van der Waals surface area contributed by atoms with Crippen molar-refractivity contribution >= 4 is 5.69 Å². The topological polar surface area (TPSA) is 38.7 Å². The van der Waals surface area contributed by atoms with Crippen LogP contribution in [0.15, 0.2) is 42.2 Å². The molecule has 1 aliphatic heterocycles. The standard InChI is InChI=1S/C9H11N3O/c1-8-7-11(13)10-12(8)9-5-3-2-4-6-9/h2-7,10,13H,1H3. The van der Waals surface area contributed by atoms with Crippen LogP contribution in [0.25, 0.3) is 0 Å². The summed E-state index contributed by atoms with van der Waals surface area (Å²) < 4.78 is 0. The molecule has 0 atom stereocenters. The van der Waals surface area contributed by atoms with Crippen LogP contribution in [0, 0.1) is 0 Å². The van der Waals surface area contributed by atoms with E-state index in [1.54, 1.807) is 11.2 Å². The first-order valence-corrected chi connectivity index (χ1v) is 4.05. The maximum atomic E-state index is 9.14. The highest BCUT2D eigenvalue weighted by atomic mass is 16.6. The van der Waals surface area contributed by atoms with Crippen LogP contribution in [0.5, 0.6) is 0 Å². The zero-order chi connectivity index (χ0) is 9.26. The Morgan fingerprint density at radius 1 is 1.23 bits per heavy atom. The average molecular weight is 177 g/mol. The first-order chi connectivity index (χ1) is 6.27. The lowest BCUT2D eigenvalue weighted by Gasteiger charge is -2.20. The number of rotatable bonds is 1. The van der Waals surface area contributed by atoms with Crippen LogP contribution in [0.3, 0.4) is 0 Å². The van der Waals surface area contributed by atoms with E-state index in [2.05, 4.69) is 5.53 Å². The van der Waals surface area contributed by atoms with Crippen molar-refractivity contribution in [2.24, 2.45) is 0 Å². The Morgan fingerprint density at radius 2 is 1.92 bits per heavy atom. The Kier molecular flexibility index (Phi) is 1.92. The van der Waals surface area contributed by atoms with Crippen molar-refractivity contribution in [1.82, 2.24) is 10.7 Å². The average Bonchev–Trinajstić information content (AvgIpc) is 2.47. The minimum atomic E-state index is 0.933. The van der Waals surface area contributed by atoms with E-state index in [1.807, 2.05) is 37.3 Å². The molecule has 0 unspecified atom stereocenters. The first-order valence-electron chi connectivity index (χ1n) is 4.05. The van der Waals surface area contributed by atoms with Crippen LogP contribution in [0.4, 0.5) is 5.69 Å². The summed E-state index contributed by atoms with van der Waals surface area (Å²) in [4.78, 5) is 0. The summed E-state index contributed by atoms with van der Waals surface area (Å²) in [5.41, 5.74) is 4.68. The summed E-state index contributed by atoms with van der Waals surface area (Å²) in [5, 5.41) is 11.9. The number of benzene rings is 1. The normalized spacial score (nSPS) is 16.3. The van der Waals surface area contributed by atoms with E-state index >= 15 is 0 Å². The molecule has 0 saturated heterocycles. The minimum absolute atomic E-state index is 0.933. The maximum absolute atomic E-state index is 9.14. The zero-order valence-corrected chi connectivity index (χ0v) is 7.31. The molecule has 1 aromatic rings. The lowest BCUT2D eigenvalue weighted by molar-refractivity contribution is -0.0791. The van der Waals surface area contributed by atoms with E-state index in [4.69, 9.17) is 5.21 Å². The van der Waals surface area contributed by atoms with E-state index in [9.17, 15) is 0 Å². The molecule has 1 aromatic carbocycles. The smallest absolute Gasteiger partial charge is 0.0686 e. The minimum Gasteiger partial charge on any atom is -0.272 e. The van der Waals surface area contributed by atoms with Gasteiger partial charge in [0.2, 0.25) is 0 Å². The van der Waals surface area contributed by atoms with Crippen molar-refractivity contribution in [3.05, 3.63) is 42.2 Å². The SMILES string of the molecule is CC1=CN(O)NN1c1ccccc1. The van der Waals surface area contributed by atoms with Crippen LogP contribution in [0.1, 0.15) is 6.92 Å². The summed E-state index contributed by atoms with van der Waals surface area (Å²) in [6.07, 6.45) is 1.60. The number of hydrogen-bond acceptors (Lipinski definition) is 4. The molecule has 0 aliphatic carbocycles. The third kappa shape index (κ3) is 1.49. The van der Waals surface area contributed by atoms with Gasteiger partial charge in [-0.3, -0.25) is 10.2 Å².